The minimum atomic E-state index is -0.950. The van der Waals surface area contributed by atoms with Crippen LogP contribution in [-0.2, 0) is 28.6 Å². The molecule has 21 heavy (non-hydrogen) atoms. The molecule has 6 heteroatoms. The standard InChI is InChI=1S/C15H20O6/c1-5-12(16)19-10-8-15(4,21-14(18)7-3)9-11-20-13(17)6-2/h5-7H,1-3,8-11H2,4H3. The van der Waals surface area contributed by atoms with E-state index >= 15 is 0 Å². The molecule has 0 aromatic heterocycles. The van der Waals surface area contributed by atoms with Crippen LogP contribution in [-0.4, -0.2) is 36.7 Å². The van der Waals surface area contributed by atoms with Crippen molar-refractivity contribution in [1.29, 1.82) is 0 Å². The monoisotopic (exact) mass is 296 g/mol. The molecule has 0 bridgehead atoms. The first kappa shape index (κ1) is 18.6. The Kier molecular flexibility index (Phi) is 8.45. The molecule has 0 aliphatic heterocycles. The van der Waals surface area contributed by atoms with Crippen LogP contribution in [0.1, 0.15) is 19.8 Å². The van der Waals surface area contributed by atoms with Gasteiger partial charge in [-0.05, 0) is 6.92 Å². The predicted octanol–water partition coefficient (Wildman–Crippen LogP) is 1.71. The summed E-state index contributed by atoms with van der Waals surface area (Å²) in [4.78, 5) is 33.3. The molecule has 0 atom stereocenters. The SMILES string of the molecule is C=CC(=O)OCCC(C)(CCOC(=O)C=C)OC(=O)C=C. The third kappa shape index (κ3) is 8.41. The van der Waals surface area contributed by atoms with Crippen LogP contribution in [0.25, 0.3) is 0 Å². The van der Waals surface area contributed by atoms with E-state index in [1.165, 1.54) is 0 Å². The van der Waals surface area contributed by atoms with Gasteiger partial charge in [-0.2, -0.15) is 0 Å². The van der Waals surface area contributed by atoms with Gasteiger partial charge in [0, 0.05) is 31.1 Å². The van der Waals surface area contributed by atoms with Crippen molar-refractivity contribution in [2.45, 2.75) is 25.4 Å². The van der Waals surface area contributed by atoms with Crippen LogP contribution in [0.4, 0.5) is 0 Å². The maximum absolute atomic E-state index is 11.3. The molecule has 6 nitrogen and oxygen atoms in total. The van der Waals surface area contributed by atoms with Gasteiger partial charge >= 0.3 is 17.9 Å². The molecule has 0 fully saturated rings. The lowest BCUT2D eigenvalue weighted by molar-refractivity contribution is -0.157. The normalized spacial score (nSPS) is 10.1. The van der Waals surface area contributed by atoms with Gasteiger partial charge in [0.25, 0.3) is 0 Å². The number of carbonyl (C=O) groups excluding carboxylic acids is 3. The highest BCUT2D eigenvalue weighted by Crippen LogP contribution is 2.21. The van der Waals surface area contributed by atoms with Gasteiger partial charge in [-0.15, -0.1) is 0 Å². The highest BCUT2D eigenvalue weighted by atomic mass is 16.6. The highest BCUT2D eigenvalue weighted by molar-refractivity contribution is 5.82. The molecular weight excluding hydrogens is 276 g/mol. The molecule has 0 spiro atoms. The van der Waals surface area contributed by atoms with Gasteiger partial charge in [-0.1, -0.05) is 19.7 Å². The van der Waals surface area contributed by atoms with E-state index in [1.54, 1.807) is 6.92 Å². The van der Waals surface area contributed by atoms with Gasteiger partial charge in [0.1, 0.15) is 5.60 Å². The van der Waals surface area contributed by atoms with Crippen LogP contribution >= 0.6 is 0 Å². The predicted molar refractivity (Wildman–Crippen MR) is 76.2 cm³/mol. The van der Waals surface area contributed by atoms with Gasteiger partial charge in [0.05, 0.1) is 13.2 Å². The van der Waals surface area contributed by atoms with E-state index in [1.807, 2.05) is 0 Å². The van der Waals surface area contributed by atoms with Crippen LogP contribution in [0, 0.1) is 0 Å². The minimum Gasteiger partial charge on any atom is -0.462 e. The molecule has 0 rings (SSSR count). The lowest BCUT2D eigenvalue weighted by Gasteiger charge is -2.28. The zero-order chi connectivity index (χ0) is 16.3. The van der Waals surface area contributed by atoms with E-state index in [2.05, 4.69) is 19.7 Å². The van der Waals surface area contributed by atoms with Crippen LogP contribution in [0.2, 0.25) is 0 Å². The van der Waals surface area contributed by atoms with Crippen molar-refractivity contribution in [3.63, 3.8) is 0 Å². The van der Waals surface area contributed by atoms with Crippen LogP contribution in [0.15, 0.2) is 38.0 Å². The average Bonchev–Trinajstić information content (AvgIpc) is 2.46. The number of hydrogen-bond donors (Lipinski definition) is 0. The molecule has 0 aliphatic rings. The quantitative estimate of drug-likeness (QED) is 0.347. The number of hydrogen-bond acceptors (Lipinski definition) is 6. The van der Waals surface area contributed by atoms with E-state index in [-0.39, 0.29) is 26.1 Å². The lowest BCUT2D eigenvalue weighted by Crippen LogP contribution is -2.34. The van der Waals surface area contributed by atoms with E-state index in [0.717, 1.165) is 18.2 Å². The summed E-state index contributed by atoms with van der Waals surface area (Å²) in [5, 5.41) is 0. The van der Waals surface area contributed by atoms with Crippen molar-refractivity contribution in [2.24, 2.45) is 0 Å². The van der Waals surface area contributed by atoms with Crippen LogP contribution < -0.4 is 0 Å². The molecule has 0 N–H and O–H groups in total. The fourth-order valence-electron chi connectivity index (χ4n) is 1.36. The van der Waals surface area contributed by atoms with Crippen LogP contribution in [0.5, 0.6) is 0 Å². The minimum absolute atomic E-state index is 0.0428. The molecular formula is C15H20O6. The molecule has 116 valence electrons. The number of ether oxygens (including phenoxy) is 3. The Labute approximate surface area is 124 Å². The molecule has 0 saturated heterocycles. The molecule has 0 aromatic rings. The summed E-state index contributed by atoms with van der Waals surface area (Å²) in [5.74, 6) is -1.74. The summed E-state index contributed by atoms with van der Waals surface area (Å²) < 4.78 is 14.9. The van der Waals surface area contributed by atoms with E-state index in [0.29, 0.717) is 0 Å². The second-order valence-corrected chi connectivity index (χ2v) is 4.32. The lowest BCUT2D eigenvalue weighted by atomic mass is 9.98. The van der Waals surface area contributed by atoms with Crippen LogP contribution in [0.3, 0.4) is 0 Å². The Morgan fingerprint density at radius 1 is 0.857 bits per heavy atom. The van der Waals surface area contributed by atoms with E-state index in [4.69, 9.17) is 14.2 Å². The number of esters is 3. The van der Waals surface area contributed by atoms with Crippen molar-refractivity contribution in [1.82, 2.24) is 0 Å². The van der Waals surface area contributed by atoms with E-state index in [9.17, 15) is 14.4 Å². The third-order valence-corrected chi connectivity index (χ3v) is 2.60. The summed E-state index contributed by atoms with van der Waals surface area (Å²) in [6.07, 6.45) is 3.61. The Morgan fingerprint density at radius 2 is 1.24 bits per heavy atom. The summed E-state index contributed by atoms with van der Waals surface area (Å²) in [6.45, 7) is 11.6. The summed E-state index contributed by atoms with van der Waals surface area (Å²) in [7, 11) is 0. The second kappa shape index (κ2) is 9.52. The smallest absolute Gasteiger partial charge is 0.330 e. The molecule has 0 unspecified atom stereocenters. The fraction of sp³-hybridized carbons (Fsp3) is 0.400. The average molecular weight is 296 g/mol. The first-order valence-corrected chi connectivity index (χ1v) is 6.30. The Hall–Kier alpha value is -2.37. The highest BCUT2D eigenvalue weighted by Gasteiger charge is 2.28. The van der Waals surface area contributed by atoms with Gasteiger partial charge < -0.3 is 14.2 Å². The third-order valence-electron chi connectivity index (χ3n) is 2.60. The Balaban J connectivity index is 4.52. The zero-order valence-corrected chi connectivity index (χ0v) is 12.1. The van der Waals surface area contributed by atoms with Crippen molar-refractivity contribution in [2.75, 3.05) is 13.2 Å². The van der Waals surface area contributed by atoms with Crippen molar-refractivity contribution >= 4 is 17.9 Å². The molecule has 0 aliphatic carbocycles. The summed E-state index contributed by atoms with van der Waals surface area (Å²) in [5.41, 5.74) is -0.950. The first-order chi connectivity index (χ1) is 9.86. The van der Waals surface area contributed by atoms with Crippen molar-refractivity contribution in [3.05, 3.63) is 38.0 Å². The van der Waals surface area contributed by atoms with Crippen molar-refractivity contribution < 1.29 is 28.6 Å². The largest absolute Gasteiger partial charge is 0.462 e. The van der Waals surface area contributed by atoms with Gasteiger partial charge in [0.2, 0.25) is 0 Å². The Bertz CT molecular complexity index is 398. The molecule has 0 amide bonds. The zero-order valence-electron chi connectivity index (χ0n) is 12.1. The first-order valence-electron chi connectivity index (χ1n) is 6.30. The molecule has 0 heterocycles. The summed E-state index contributed by atoms with van der Waals surface area (Å²) in [6, 6.07) is 0. The summed E-state index contributed by atoms with van der Waals surface area (Å²) >= 11 is 0. The maximum atomic E-state index is 11.3. The maximum Gasteiger partial charge on any atom is 0.330 e. The topological polar surface area (TPSA) is 78.9 Å². The van der Waals surface area contributed by atoms with Gasteiger partial charge in [-0.25, -0.2) is 14.4 Å². The molecule has 0 aromatic carbocycles. The Morgan fingerprint density at radius 3 is 1.57 bits per heavy atom. The van der Waals surface area contributed by atoms with Gasteiger partial charge in [0.15, 0.2) is 0 Å². The van der Waals surface area contributed by atoms with Crippen molar-refractivity contribution in [3.8, 4) is 0 Å². The van der Waals surface area contributed by atoms with Gasteiger partial charge in [-0.3, -0.25) is 0 Å². The number of carbonyl (C=O) groups is 3. The number of rotatable bonds is 10. The molecule has 0 radical (unpaired) electrons. The fourth-order valence-corrected chi connectivity index (χ4v) is 1.36. The molecule has 0 saturated carbocycles. The van der Waals surface area contributed by atoms with E-state index < -0.39 is 23.5 Å². The second-order valence-electron chi connectivity index (χ2n) is 4.32.